The standard InChI is InChI=1S/C17H17ClO2S/c1-4-16(19)17-11(2)9-14(10-15(17)18)21-13-7-5-12(20-3)6-8-13/h5-10H,4H2,1-3H3. The Labute approximate surface area is 134 Å². The maximum atomic E-state index is 11.9. The Balaban J connectivity index is 2.26. The molecule has 0 N–H and O–H groups in total. The molecule has 21 heavy (non-hydrogen) atoms. The molecule has 0 bridgehead atoms. The van der Waals surface area contributed by atoms with Crippen molar-refractivity contribution in [3.05, 3.63) is 52.5 Å². The van der Waals surface area contributed by atoms with Gasteiger partial charge >= 0.3 is 0 Å². The van der Waals surface area contributed by atoms with Gasteiger partial charge in [0.2, 0.25) is 0 Å². The molecule has 0 amide bonds. The summed E-state index contributed by atoms with van der Waals surface area (Å²) in [6, 6.07) is 11.7. The predicted molar refractivity (Wildman–Crippen MR) is 87.9 cm³/mol. The highest BCUT2D eigenvalue weighted by Crippen LogP contribution is 2.33. The van der Waals surface area contributed by atoms with Gasteiger partial charge in [0.1, 0.15) is 5.75 Å². The van der Waals surface area contributed by atoms with Gasteiger partial charge in [-0.2, -0.15) is 0 Å². The molecule has 0 heterocycles. The highest BCUT2D eigenvalue weighted by atomic mass is 35.5. The molecule has 2 aromatic carbocycles. The summed E-state index contributed by atoms with van der Waals surface area (Å²) in [6.45, 7) is 3.77. The van der Waals surface area contributed by atoms with Gasteiger partial charge in [0, 0.05) is 21.8 Å². The van der Waals surface area contributed by atoms with Crippen molar-refractivity contribution in [1.29, 1.82) is 0 Å². The zero-order valence-electron chi connectivity index (χ0n) is 12.3. The Kier molecular flexibility index (Phi) is 5.32. The SMILES string of the molecule is CCC(=O)c1c(C)cc(Sc2ccc(OC)cc2)cc1Cl. The molecule has 0 aromatic heterocycles. The topological polar surface area (TPSA) is 26.3 Å². The summed E-state index contributed by atoms with van der Waals surface area (Å²) in [4.78, 5) is 14.0. The van der Waals surface area contributed by atoms with E-state index in [0.29, 0.717) is 17.0 Å². The minimum Gasteiger partial charge on any atom is -0.497 e. The number of aryl methyl sites for hydroxylation is 1. The van der Waals surface area contributed by atoms with Crippen molar-refractivity contribution >= 4 is 29.1 Å². The van der Waals surface area contributed by atoms with Gasteiger partial charge in [-0.1, -0.05) is 30.3 Å². The zero-order chi connectivity index (χ0) is 15.4. The molecule has 0 aliphatic rings. The average Bonchev–Trinajstić information content (AvgIpc) is 2.47. The van der Waals surface area contributed by atoms with Crippen LogP contribution in [-0.4, -0.2) is 12.9 Å². The molecular weight excluding hydrogens is 304 g/mol. The van der Waals surface area contributed by atoms with E-state index in [0.717, 1.165) is 21.1 Å². The van der Waals surface area contributed by atoms with E-state index in [1.165, 1.54) is 0 Å². The van der Waals surface area contributed by atoms with Gasteiger partial charge in [0.15, 0.2) is 5.78 Å². The van der Waals surface area contributed by atoms with Gasteiger partial charge in [0.05, 0.1) is 12.1 Å². The Hall–Kier alpha value is -1.45. The lowest BCUT2D eigenvalue weighted by Gasteiger charge is -2.10. The minimum absolute atomic E-state index is 0.0819. The molecular formula is C17H17ClO2S. The van der Waals surface area contributed by atoms with Crippen molar-refractivity contribution in [2.45, 2.75) is 30.1 Å². The van der Waals surface area contributed by atoms with Crippen LogP contribution < -0.4 is 4.74 Å². The Bertz CT molecular complexity index is 627. The summed E-state index contributed by atoms with van der Waals surface area (Å²) in [5.41, 5.74) is 1.56. The first-order valence-electron chi connectivity index (χ1n) is 6.70. The summed E-state index contributed by atoms with van der Waals surface area (Å²) < 4.78 is 5.14. The molecule has 2 rings (SSSR count). The van der Waals surface area contributed by atoms with Crippen molar-refractivity contribution < 1.29 is 9.53 Å². The molecule has 0 aliphatic carbocycles. The van der Waals surface area contributed by atoms with E-state index in [2.05, 4.69) is 0 Å². The summed E-state index contributed by atoms with van der Waals surface area (Å²) >= 11 is 7.88. The lowest BCUT2D eigenvalue weighted by Crippen LogP contribution is -2.01. The molecule has 0 atom stereocenters. The highest BCUT2D eigenvalue weighted by molar-refractivity contribution is 7.99. The van der Waals surface area contributed by atoms with Crippen LogP contribution in [-0.2, 0) is 0 Å². The maximum absolute atomic E-state index is 11.9. The van der Waals surface area contributed by atoms with Gasteiger partial charge < -0.3 is 4.74 Å². The minimum atomic E-state index is 0.0819. The number of methoxy groups -OCH3 is 1. The molecule has 0 spiro atoms. The first kappa shape index (κ1) is 15.9. The van der Waals surface area contributed by atoms with E-state index in [1.54, 1.807) is 18.9 Å². The van der Waals surface area contributed by atoms with Gasteiger partial charge in [0.25, 0.3) is 0 Å². The second kappa shape index (κ2) is 7.01. The monoisotopic (exact) mass is 320 g/mol. The van der Waals surface area contributed by atoms with E-state index in [-0.39, 0.29) is 5.78 Å². The van der Waals surface area contributed by atoms with Crippen LogP contribution in [0.25, 0.3) is 0 Å². The van der Waals surface area contributed by atoms with E-state index in [1.807, 2.05) is 50.2 Å². The lowest BCUT2D eigenvalue weighted by atomic mass is 10.0. The fourth-order valence-corrected chi connectivity index (χ4v) is 3.47. The molecule has 110 valence electrons. The van der Waals surface area contributed by atoms with E-state index < -0.39 is 0 Å². The second-order valence-electron chi connectivity index (χ2n) is 4.65. The van der Waals surface area contributed by atoms with Crippen molar-refractivity contribution in [2.24, 2.45) is 0 Å². The number of rotatable bonds is 5. The number of ketones is 1. The molecule has 0 radical (unpaired) electrons. The predicted octanol–water partition coefficient (Wildman–Crippen LogP) is 5.40. The molecule has 0 saturated carbocycles. The summed E-state index contributed by atoms with van der Waals surface area (Å²) in [5, 5.41) is 0.526. The van der Waals surface area contributed by atoms with Crippen LogP contribution in [0, 0.1) is 6.92 Å². The van der Waals surface area contributed by atoms with Crippen molar-refractivity contribution in [1.82, 2.24) is 0 Å². The van der Waals surface area contributed by atoms with Crippen LogP contribution in [0.3, 0.4) is 0 Å². The lowest BCUT2D eigenvalue weighted by molar-refractivity contribution is 0.0987. The third-order valence-corrected chi connectivity index (χ3v) is 4.43. The number of benzene rings is 2. The zero-order valence-corrected chi connectivity index (χ0v) is 13.8. The van der Waals surface area contributed by atoms with Gasteiger partial charge in [-0.25, -0.2) is 0 Å². The molecule has 0 fully saturated rings. The van der Waals surface area contributed by atoms with E-state index in [4.69, 9.17) is 16.3 Å². The fourth-order valence-electron chi connectivity index (χ4n) is 2.08. The summed E-state index contributed by atoms with van der Waals surface area (Å²) in [6.07, 6.45) is 0.464. The number of halogens is 1. The number of carbonyl (C=O) groups is 1. The smallest absolute Gasteiger partial charge is 0.164 e. The second-order valence-corrected chi connectivity index (χ2v) is 6.21. The highest BCUT2D eigenvalue weighted by Gasteiger charge is 2.13. The number of hydrogen-bond acceptors (Lipinski definition) is 3. The molecule has 2 aromatic rings. The molecule has 0 unspecified atom stereocenters. The molecule has 0 saturated heterocycles. The Morgan fingerprint density at radius 1 is 1.19 bits per heavy atom. The number of carbonyl (C=O) groups excluding carboxylic acids is 1. The van der Waals surface area contributed by atoms with Crippen LogP contribution in [0.4, 0.5) is 0 Å². The van der Waals surface area contributed by atoms with Gasteiger partial charge in [-0.05, 0) is 48.9 Å². The number of hydrogen-bond donors (Lipinski definition) is 0. The molecule has 0 aliphatic heterocycles. The van der Waals surface area contributed by atoms with E-state index in [9.17, 15) is 4.79 Å². The van der Waals surface area contributed by atoms with Crippen LogP contribution >= 0.6 is 23.4 Å². The van der Waals surface area contributed by atoms with Crippen molar-refractivity contribution in [3.8, 4) is 5.75 Å². The van der Waals surface area contributed by atoms with Crippen molar-refractivity contribution in [2.75, 3.05) is 7.11 Å². The van der Waals surface area contributed by atoms with Crippen LogP contribution in [0.5, 0.6) is 5.75 Å². The van der Waals surface area contributed by atoms with Crippen molar-refractivity contribution in [3.63, 3.8) is 0 Å². The third kappa shape index (κ3) is 3.80. The maximum Gasteiger partial charge on any atom is 0.164 e. The quantitative estimate of drug-likeness (QED) is 0.690. The van der Waals surface area contributed by atoms with Gasteiger partial charge in [-0.3, -0.25) is 4.79 Å². The fraction of sp³-hybridized carbons (Fsp3) is 0.235. The largest absolute Gasteiger partial charge is 0.497 e. The third-order valence-electron chi connectivity index (χ3n) is 3.16. The van der Waals surface area contributed by atoms with Crippen LogP contribution in [0.15, 0.2) is 46.2 Å². The Morgan fingerprint density at radius 3 is 2.38 bits per heavy atom. The first-order chi connectivity index (χ1) is 10.0. The normalized spacial score (nSPS) is 10.5. The average molecular weight is 321 g/mol. The van der Waals surface area contributed by atoms with Crippen LogP contribution in [0.1, 0.15) is 29.3 Å². The molecule has 2 nitrogen and oxygen atoms in total. The summed E-state index contributed by atoms with van der Waals surface area (Å²) in [5.74, 6) is 0.913. The summed E-state index contributed by atoms with van der Waals surface area (Å²) in [7, 11) is 1.65. The molecule has 4 heteroatoms. The first-order valence-corrected chi connectivity index (χ1v) is 7.89. The Morgan fingerprint density at radius 2 is 1.86 bits per heavy atom. The number of ether oxygens (including phenoxy) is 1. The van der Waals surface area contributed by atoms with E-state index >= 15 is 0 Å². The van der Waals surface area contributed by atoms with Gasteiger partial charge in [-0.15, -0.1) is 0 Å². The van der Waals surface area contributed by atoms with Crippen LogP contribution in [0.2, 0.25) is 5.02 Å². The number of Topliss-reactive ketones (excluding diaryl/α,β-unsaturated/α-hetero) is 1.